The van der Waals surface area contributed by atoms with E-state index in [9.17, 15) is 9.59 Å². The molecule has 0 amide bonds. The Bertz CT molecular complexity index is 1300. The minimum absolute atomic E-state index is 0.241. The molecule has 36 heavy (non-hydrogen) atoms. The van der Waals surface area contributed by atoms with Crippen LogP contribution in [0.2, 0.25) is 0 Å². The standard InChI is InChI=1S/C30H32N2O4/c1-7-35-29(33)23-19(5)31-27(21-13-9-17(3)10-14-21)25(23)26-24(30(34)36-8-2)20(6)32-28(26)22-15-11-18(4)12-16-22/h9-16,31-32H,7-8H2,1-6H3. The minimum atomic E-state index is -0.442. The molecule has 2 aromatic heterocycles. The number of aryl methyl sites for hydroxylation is 4. The van der Waals surface area contributed by atoms with Gasteiger partial charge in [-0.15, -0.1) is 0 Å². The fourth-order valence-corrected chi connectivity index (χ4v) is 4.54. The Kier molecular flexibility index (Phi) is 7.15. The second-order valence-corrected chi connectivity index (χ2v) is 8.92. The van der Waals surface area contributed by atoms with E-state index in [4.69, 9.17) is 9.47 Å². The number of carbonyl (C=O) groups excluding carboxylic acids is 2. The Morgan fingerprint density at radius 2 is 0.944 bits per heavy atom. The zero-order valence-corrected chi connectivity index (χ0v) is 21.7. The Balaban J connectivity index is 2.12. The summed E-state index contributed by atoms with van der Waals surface area (Å²) in [7, 11) is 0. The predicted octanol–water partition coefficient (Wildman–Crippen LogP) is 6.93. The van der Waals surface area contributed by atoms with Gasteiger partial charge in [-0.2, -0.15) is 0 Å². The van der Waals surface area contributed by atoms with Crippen LogP contribution in [0.5, 0.6) is 0 Å². The largest absolute Gasteiger partial charge is 0.462 e. The molecule has 2 N–H and O–H groups in total. The maximum atomic E-state index is 13.3. The fourth-order valence-electron chi connectivity index (χ4n) is 4.54. The normalized spacial score (nSPS) is 10.9. The van der Waals surface area contributed by atoms with Crippen molar-refractivity contribution in [2.75, 3.05) is 13.2 Å². The molecule has 4 aromatic rings. The molecule has 0 fully saturated rings. The van der Waals surface area contributed by atoms with Gasteiger partial charge in [-0.05, 0) is 52.7 Å². The van der Waals surface area contributed by atoms with E-state index in [0.29, 0.717) is 33.6 Å². The van der Waals surface area contributed by atoms with Crippen molar-refractivity contribution in [2.45, 2.75) is 41.5 Å². The van der Waals surface area contributed by atoms with E-state index in [1.165, 1.54) is 0 Å². The molecule has 0 radical (unpaired) electrons. The summed E-state index contributed by atoms with van der Waals surface area (Å²) in [5.41, 5.74) is 8.94. The van der Waals surface area contributed by atoms with Crippen LogP contribution < -0.4 is 0 Å². The molecule has 0 aliphatic rings. The zero-order chi connectivity index (χ0) is 26.0. The van der Waals surface area contributed by atoms with E-state index >= 15 is 0 Å². The molecule has 4 rings (SSSR count). The molecule has 0 bridgehead atoms. The number of H-pyrrole nitrogens is 2. The van der Waals surface area contributed by atoms with Gasteiger partial charge in [0.1, 0.15) is 0 Å². The van der Waals surface area contributed by atoms with Crippen LogP contribution in [0.1, 0.15) is 57.1 Å². The van der Waals surface area contributed by atoms with Crippen molar-refractivity contribution in [3.8, 4) is 33.6 Å². The smallest absolute Gasteiger partial charge is 0.340 e. The quantitative estimate of drug-likeness (QED) is 0.279. The van der Waals surface area contributed by atoms with Crippen molar-refractivity contribution >= 4 is 11.9 Å². The van der Waals surface area contributed by atoms with Crippen LogP contribution in [-0.2, 0) is 9.47 Å². The summed E-state index contributed by atoms with van der Waals surface area (Å²) in [6.07, 6.45) is 0. The van der Waals surface area contributed by atoms with Crippen LogP contribution >= 0.6 is 0 Å². The van der Waals surface area contributed by atoms with E-state index in [-0.39, 0.29) is 13.2 Å². The lowest BCUT2D eigenvalue weighted by Gasteiger charge is -2.13. The molecule has 0 aliphatic heterocycles. The highest BCUT2D eigenvalue weighted by atomic mass is 16.5. The first-order valence-corrected chi connectivity index (χ1v) is 12.2. The van der Waals surface area contributed by atoms with E-state index in [1.54, 1.807) is 13.8 Å². The van der Waals surface area contributed by atoms with Crippen LogP contribution in [0.3, 0.4) is 0 Å². The van der Waals surface area contributed by atoms with Gasteiger partial charge in [-0.25, -0.2) is 9.59 Å². The van der Waals surface area contributed by atoms with Gasteiger partial charge >= 0.3 is 11.9 Å². The number of rotatable bonds is 7. The minimum Gasteiger partial charge on any atom is -0.462 e. The molecule has 6 heteroatoms. The molecule has 0 unspecified atom stereocenters. The average Bonchev–Trinajstić information content (AvgIpc) is 3.36. The molecule has 0 atom stereocenters. The van der Waals surface area contributed by atoms with E-state index in [0.717, 1.165) is 33.6 Å². The first-order valence-electron chi connectivity index (χ1n) is 12.2. The molecule has 2 aromatic carbocycles. The molecular formula is C30H32N2O4. The fraction of sp³-hybridized carbons (Fsp3) is 0.267. The maximum Gasteiger partial charge on any atom is 0.340 e. The molecule has 6 nitrogen and oxygen atoms in total. The second kappa shape index (κ2) is 10.3. The number of benzene rings is 2. The zero-order valence-electron chi connectivity index (χ0n) is 21.7. The van der Waals surface area contributed by atoms with Gasteiger partial charge < -0.3 is 19.4 Å². The number of carbonyl (C=O) groups is 2. The van der Waals surface area contributed by atoms with Gasteiger partial charge in [-0.1, -0.05) is 59.7 Å². The summed E-state index contributed by atoms with van der Waals surface area (Å²) >= 11 is 0. The summed E-state index contributed by atoms with van der Waals surface area (Å²) in [5, 5.41) is 0. The molecule has 0 saturated carbocycles. The summed E-state index contributed by atoms with van der Waals surface area (Å²) in [4.78, 5) is 33.4. The third-order valence-electron chi connectivity index (χ3n) is 6.26. The van der Waals surface area contributed by atoms with Crippen LogP contribution in [-0.4, -0.2) is 35.1 Å². The summed E-state index contributed by atoms with van der Waals surface area (Å²) < 4.78 is 10.9. The van der Waals surface area contributed by atoms with E-state index in [2.05, 4.69) is 9.97 Å². The van der Waals surface area contributed by atoms with E-state index in [1.807, 2.05) is 76.2 Å². The maximum absolute atomic E-state index is 13.3. The van der Waals surface area contributed by atoms with Gasteiger partial charge in [0.05, 0.1) is 35.7 Å². The highest BCUT2D eigenvalue weighted by molar-refractivity contribution is 6.11. The molecule has 0 saturated heterocycles. The van der Waals surface area contributed by atoms with E-state index < -0.39 is 11.9 Å². The van der Waals surface area contributed by atoms with Gasteiger partial charge in [-0.3, -0.25) is 0 Å². The SMILES string of the molecule is CCOC(=O)c1c(C)[nH]c(-c2ccc(C)cc2)c1-c1c(-c2ccc(C)cc2)[nH]c(C)c1C(=O)OCC. The Morgan fingerprint density at radius 3 is 1.25 bits per heavy atom. The topological polar surface area (TPSA) is 84.2 Å². The highest BCUT2D eigenvalue weighted by Crippen LogP contribution is 2.45. The second-order valence-electron chi connectivity index (χ2n) is 8.92. The molecule has 0 aliphatic carbocycles. The molecular weight excluding hydrogens is 452 g/mol. The molecule has 0 spiro atoms. The van der Waals surface area contributed by atoms with Crippen molar-refractivity contribution in [3.63, 3.8) is 0 Å². The first kappa shape index (κ1) is 25.0. The monoisotopic (exact) mass is 484 g/mol. The number of esters is 2. The summed E-state index contributed by atoms with van der Waals surface area (Å²) in [6, 6.07) is 16.1. The summed E-state index contributed by atoms with van der Waals surface area (Å²) in [6.45, 7) is 11.8. The number of nitrogens with one attached hydrogen (secondary N) is 2. The number of ether oxygens (including phenoxy) is 2. The van der Waals surface area contributed by atoms with Crippen molar-refractivity contribution in [2.24, 2.45) is 0 Å². The van der Waals surface area contributed by atoms with Gasteiger partial charge in [0.25, 0.3) is 0 Å². The molecule has 186 valence electrons. The van der Waals surface area contributed by atoms with Crippen molar-refractivity contribution < 1.29 is 19.1 Å². The van der Waals surface area contributed by atoms with Crippen LogP contribution in [0.15, 0.2) is 48.5 Å². The van der Waals surface area contributed by atoms with Gasteiger partial charge in [0, 0.05) is 22.5 Å². The van der Waals surface area contributed by atoms with Crippen molar-refractivity contribution in [1.82, 2.24) is 9.97 Å². The van der Waals surface area contributed by atoms with Crippen molar-refractivity contribution in [3.05, 3.63) is 82.2 Å². The van der Waals surface area contributed by atoms with Gasteiger partial charge in [0.2, 0.25) is 0 Å². The number of aromatic amines is 2. The average molecular weight is 485 g/mol. The third-order valence-corrected chi connectivity index (χ3v) is 6.26. The van der Waals surface area contributed by atoms with Gasteiger partial charge in [0.15, 0.2) is 0 Å². The molecule has 2 heterocycles. The lowest BCUT2D eigenvalue weighted by atomic mass is 9.91. The number of hydrogen-bond acceptors (Lipinski definition) is 4. The lowest BCUT2D eigenvalue weighted by molar-refractivity contribution is 0.0514. The number of aromatic nitrogens is 2. The Morgan fingerprint density at radius 1 is 0.611 bits per heavy atom. The highest BCUT2D eigenvalue weighted by Gasteiger charge is 2.32. The third kappa shape index (κ3) is 4.59. The van der Waals surface area contributed by atoms with Crippen LogP contribution in [0, 0.1) is 27.7 Å². The number of hydrogen-bond donors (Lipinski definition) is 2. The summed E-state index contributed by atoms with van der Waals surface area (Å²) in [5.74, 6) is -0.883. The van der Waals surface area contributed by atoms with Crippen LogP contribution in [0.25, 0.3) is 33.6 Å². The predicted molar refractivity (Wildman–Crippen MR) is 142 cm³/mol. The van der Waals surface area contributed by atoms with Crippen LogP contribution in [0.4, 0.5) is 0 Å². The lowest BCUT2D eigenvalue weighted by Crippen LogP contribution is -2.10. The Hall–Kier alpha value is -4.06. The van der Waals surface area contributed by atoms with Crippen molar-refractivity contribution in [1.29, 1.82) is 0 Å². The Labute approximate surface area is 211 Å². The first-order chi connectivity index (χ1) is 17.3.